The van der Waals surface area contributed by atoms with Gasteiger partial charge in [0.1, 0.15) is 0 Å². The lowest BCUT2D eigenvalue weighted by Crippen LogP contribution is -2.42. The molecule has 1 fully saturated rings. The van der Waals surface area contributed by atoms with Crippen LogP contribution >= 0.6 is 39.9 Å². The molecule has 1 heterocycles. The molecule has 2 rings (SSSR count). The van der Waals surface area contributed by atoms with Gasteiger partial charge in [0.05, 0.1) is 10.6 Å². The molecule has 0 aliphatic carbocycles. The van der Waals surface area contributed by atoms with Gasteiger partial charge in [-0.3, -0.25) is 4.79 Å². The number of carbonyl (C=O) groups is 1. The molecule has 1 amide bonds. The fourth-order valence-electron chi connectivity index (χ4n) is 1.90. The smallest absolute Gasteiger partial charge is 0.253 e. The van der Waals surface area contributed by atoms with Crippen molar-refractivity contribution in [3.63, 3.8) is 0 Å². The average molecular weight is 354 g/mol. The molecule has 3 nitrogen and oxygen atoms in total. The van der Waals surface area contributed by atoms with Gasteiger partial charge < -0.3 is 10.6 Å². The molecule has 1 aliphatic rings. The van der Waals surface area contributed by atoms with Crippen molar-refractivity contribution in [3.8, 4) is 0 Å². The highest BCUT2D eigenvalue weighted by Gasteiger charge is 2.17. The average Bonchev–Trinajstić information content (AvgIpc) is 2.30. The third-order valence-electron chi connectivity index (χ3n) is 2.85. The second kappa shape index (κ2) is 7.34. The van der Waals surface area contributed by atoms with E-state index >= 15 is 0 Å². The zero-order valence-corrected chi connectivity index (χ0v) is 12.9. The van der Waals surface area contributed by atoms with E-state index in [2.05, 4.69) is 26.6 Å². The summed E-state index contributed by atoms with van der Waals surface area (Å²) in [6.45, 7) is 1.91. The van der Waals surface area contributed by atoms with Crippen molar-refractivity contribution in [3.05, 3.63) is 33.3 Å². The van der Waals surface area contributed by atoms with Gasteiger partial charge in [0.25, 0.3) is 5.91 Å². The highest BCUT2D eigenvalue weighted by Crippen LogP contribution is 2.21. The van der Waals surface area contributed by atoms with Gasteiger partial charge in [0, 0.05) is 10.5 Å². The van der Waals surface area contributed by atoms with Crippen LogP contribution in [0.3, 0.4) is 0 Å². The zero-order valence-electron chi connectivity index (χ0n) is 9.71. The predicted molar refractivity (Wildman–Crippen MR) is 79.8 cm³/mol. The second-order valence-corrected chi connectivity index (χ2v) is 5.44. The SMILES string of the molecule is Cl.O=C(NC1CCNCC1)c1ccc(Br)cc1Cl. The van der Waals surface area contributed by atoms with Gasteiger partial charge in [-0.2, -0.15) is 0 Å². The molecular weight excluding hydrogens is 339 g/mol. The molecule has 100 valence electrons. The van der Waals surface area contributed by atoms with E-state index in [-0.39, 0.29) is 24.4 Å². The molecule has 0 aromatic heterocycles. The Balaban J connectivity index is 0.00000162. The molecule has 0 bridgehead atoms. The number of carbonyl (C=O) groups excluding carboxylic acids is 1. The monoisotopic (exact) mass is 352 g/mol. The molecule has 1 aromatic carbocycles. The molecule has 0 saturated carbocycles. The first kappa shape index (κ1) is 15.8. The fourth-order valence-corrected chi connectivity index (χ4v) is 2.66. The van der Waals surface area contributed by atoms with Gasteiger partial charge in [-0.25, -0.2) is 0 Å². The van der Waals surface area contributed by atoms with Gasteiger partial charge >= 0.3 is 0 Å². The molecule has 6 heteroatoms. The van der Waals surface area contributed by atoms with Gasteiger partial charge in [-0.15, -0.1) is 12.4 Å². The Kier molecular flexibility index (Phi) is 6.43. The van der Waals surface area contributed by atoms with Crippen molar-refractivity contribution in [2.45, 2.75) is 18.9 Å². The van der Waals surface area contributed by atoms with Crippen molar-refractivity contribution in [1.82, 2.24) is 10.6 Å². The third-order valence-corrected chi connectivity index (χ3v) is 3.66. The van der Waals surface area contributed by atoms with Crippen LogP contribution in [0.25, 0.3) is 0 Å². The Morgan fingerprint density at radius 2 is 2.06 bits per heavy atom. The molecule has 0 unspecified atom stereocenters. The Morgan fingerprint density at radius 1 is 1.39 bits per heavy atom. The summed E-state index contributed by atoms with van der Waals surface area (Å²) in [4.78, 5) is 12.0. The summed E-state index contributed by atoms with van der Waals surface area (Å²) >= 11 is 9.36. The Labute approximate surface area is 126 Å². The van der Waals surface area contributed by atoms with E-state index in [9.17, 15) is 4.79 Å². The lowest BCUT2D eigenvalue weighted by atomic mass is 10.1. The van der Waals surface area contributed by atoms with Gasteiger partial charge in [-0.05, 0) is 44.1 Å². The van der Waals surface area contributed by atoms with Crippen molar-refractivity contribution >= 4 is 45.8 Å². The molecule has 18 heavy (non-hydrogen) atoms. The Hall–Kier alpha value is -0.290. The first-order valence-corrected chi connectivity index (χ1v) is 6.80. The molecular formula is C12H15BrCl2N2O. The van der Waals surface area contributed by atoms with E-state index in [1.165, 1.54) is 0 Å². The number of rotatable bonds is 2. The van der Waals surface area contributed by atoms with Crippen molar-refractivity contribution in [2.75, 3.05) is 13.1 Å². The van der Waals surface area contributed by atoms with Crippen molar-refractivity contribution in [1.29, 1.82) is 0 Å². The molecule has 1 aromatic rings. The van der Waals surface area contributed by atoms with Crippen LogP contribution in [-0.2, 0) is 0 Å². The maximum atomic E-state index is 12.0. The van der Waals surface area contributed by atoms with Crippen LogP contribution in [0, 0.1) is 0 Å². The van der Waals surface area contributed by atoms with Crippen molar-refractivity contribution in [2.24, 2.45) is 0 Å². The largest absolute Gasteiger partial charge is 0.349 e. The maximum Gasteiger partial charge on any atom is 0.253 e. The number of halogens is 3. The molecule has 0 spiro atoms. The summed E-state index contributed by atoms with van der Waals surface area (Å²) < 4.78 is 0.876. The minimum Gasteiger partial charge on any atom is -0.349 e. The van der Waals surface area contributed by atoms with E-state index in [0.717, 1.165) is 30.4 Å². The molecule has 1 saturated heterocycles. The van der Waals surface area contributed by atoms with E-state index < -0.39 is 0 Å². The number of hydrogen-bond donors (Lipinski definition) is 2. The first-order chi connectivity index (χ1) is 8.16. The number of piperidine rings is 1. The molecule has 0 atom stereocenters. The summed E-state index contributed by atoms with van der Waals surface area (Å²) in [6, 6.07) is 5.55. The zero-order chi connectivity index (χ0) is 12.3. The van der Waals surface area contributed by atoms with E-state index in [1.54, 1.807) is 12.1 Å². The lowest BCUT2D eigenvalue weighted by molar-refractivity contribution is 0.0929. The minimum atomic E-state index is -0.0885. The number of benzene rings is 1. The quantitative estimate of drug-likeness (QED) is 0.858. The summed E-state index contributed by atoms with van der Waals surface area (Å²) in [6.07, 6.45) is 1.94. The van der Waals surface area contributed by atoms with Crippen LogP contribution < -0.4 is 10.6 Å². The summed E-state index contributed by atoms with van der Waals surface area (Å²) in [5.41, 5.74) is 0.536. The van der Waals surface area contributed by atoms with E-state index in [1.807, 2.05) is 6.07 Å². The summed E-state index contributed by atoms with van der Waals surface area (Å²) in [5.74, 6) is -0.0885. The van der Waals surface area contributed by atoms with Crippen LogP contribution in [-0.4, -0.2) is 25.0 Å². The van der Waals surface area contributed by atoms with Crippen LogP contribution in [0.1, 0.15) is 23.2 Å². The van der Waals surface area contributed by atoms with Gasteiger partial charge in [-0.1, -0.05) is 27.5 Å². The predicted octanol–water partition coefficient (Wildman–Crippen LogP) is 3.01. The van der Waals surface area contributed by atoms with E-state index in [4.69, 9.17) is 11.6 Å². The standard InChI is InChI=1S/C12H14BrClN2O.ClH/c13-8-1-2-10(11(14)7-8)12(17)16-9-3-5-15-6-4-9;/h1-2,7,9,15H,3-6H2,(H,16,17);1H. The Morgan fingerprint density at radius 3 is 2.67 bits per heavy atom. The molecule has 1 aliphatic heterocycles. The van der Waals surface area contributed by atoms with Crippen molar-refractivity contribution < 1.29 is 4.79 Å². The highest BCUT2D eigenvalue weighted by atomic mass is 79.9. The Bertz CT molecular complexity index is 423. The fraction of sp³-hybridized carbons (Fsp3) is 0.417. The van der Waals surface area contributed by atoms with E-state index in [0.29, 0.717) is 10.6 Å². The van der Waals surface area contributed by atoms with Gasteiger partial charge in [0.2, 0.25) is 0 Å². The molecule has 2 N–H and O–H groups in total. The number of hydrogen-bond acceptors (Lipinski definition) is 2. The first-order valence-electron chi connectivity index (χ1n) is 5.63. The third kappa shape index (κ3) is 4.12. The summed E-state index contributed by atoms with van der Waals surface area (Å²) in [7, 11) is 0. The number of amides is 1. The lowest BCUT2D eigenvalue weighted by Gasteiger charge is -2.23. The number of nitrogens with one attached hydrogen (secondary N) is 2. The minimum absolute atomic E-state index is 0. The normalized spacial score (nSPS) is 15.9. The van der Waals surface area contributed by atoms with Gasteiger partial charge in [0.15, 0.2) is 0 Å². The van der Waals surface area contributed by atoms with Crippen LogP contribution in [0.15, 0.2) is 22.7 Å². The summed E-state index contributed by atoms with van der Waals surface area (Å²) in [5, 5.41) is 6.76. The maximum absolute atomic E-state index is 12.0. The second-order valence-electron chi connectivity index (χ2n) is 4.12. The van der Waals surface area contributed by atoms with Crippen LogP contribution in [0.4, 0.5) is 0 Å². The topological polar surface area (TPSA) is 41.1 Å². The van der Waals surface area contributed by atoms with Crippen LogP contribution in [0.2, 0.25) is 5.02 Å². The molecule has 0 radical (unpaired) electrons. The van der Waals surface area contributed by atoms with Crippen LogP contribution in [0.5, 0.6) is 0 Å². The highest BCUT2D eigenvalue weighted by molar-refractivity contribution is 9.10.